The molecule has 0 aromatic carbocycles. The highest BCUT2D eigenvalue weighted by molar-refractivity contribution is 7.09. The summed E-state index contributed by atoms with van der Waals surface area (Å²) in [6, 6.07) is 9.07. The van der Waals surface area contributed by atoms with Crippen LogP contribution in [0.15, 0.2) is 42.0 Å². The molecule has 5 heteroatoms. The zero-order valence-electron chi connectivity index (χ0n) is 14.9. The molecule has 4 nitrogen and oxygen atoms in total. The van der Waals surface area contributed by atoms with Crippen LogP contribution < -0.4 is 0 Å². The molecule has 0 amide bonds. The lowest BCUT2D eigenvalue weighted by atomic mass is 9.87. The Balaban J connectivity index is 1.28. The van der Waals surface area contributed by atoms with Gasteiger partial charge in [0.2, 0.25) is 0 Å². The first-order valence-corrected chi connectivity index (χ1v) is 10.1. The van der Waals surface area contributed by atoms with Crippen LogP contribution in [-0.2, 0) is 17.8 Å². The third-order valence-corrected chi connectivity index (χ3v) is 6.56. The summed E-state index contributed by atoms with van der Waals surface area (Å²) in [6.45, 7) is 5.20. The largest absolute Gasteiger partial charge is 0.373 e. The van der Waals surface area contributed by atoms with Crippen molar-refractivity contribution < 1.29 is 4.74 Å². The van der Waals surface area contributed by atoms with Gasteiger partial charge in [-0.3, -0.25) is 14.8 Å². The Hall–Kier alpha value is -1.27. The number of hydrogen-bond acceptors (Lipinski definition) is 5. The number of aromatic nitrogens is 1. The van der Waals surface area contributed by atoms with Crippen molar-refractivity contribution in [1.29, 1.82) is 0 Å². The van der Waals surface area contributed by atoms with Crippen LogP contribution in [0.3, 0.4) is 0 Å². The van der Waals surface area contributed by atoms with Crippen molar-refractivity contribution in [2.75, 3.05) is 26.7 Å². The van der Waals surface area contributed by atoms with Gasteiger partial charge in [-0.2, -0.15) is 0 Å². The Morgan fingerprint density at radius 3 is 2.92 bits per heavy atom. The Labute approximate surface area is 154 Å². The Kier molecular flexibility index (Phi) is 5.17. The Morgan fingerprint density at radius 1 is 1.32 bits per heavy atom. The van der Waals surface area contributed by atoms with Crippen LogP contribution in [0, 0.1) is 0 Å². The van der Waals surface area contributed by atoms with E-state index in [0.29, 0.717) is 6.04 Å². The molecule has 2 aromatic heterocycles. The van der Waals surface area contributed by atoms with Gasteiger partial charge in [0.1, 0.15) is 0 Å². The lowest BCUT2D eigenvalue weighted by molar-refractivity contribution is -0.0451. The lowest BCUT2D eigenvalue weighted by Gasteiger charge is -2.38. The summed E-state index contributed by atoms with van der Waals surface area (Å²) in [5, 5.41) is 2.17. The first-order valence-electron chi connectivity index (χ1n) is 9.20. The number of piperidine rings is 1. The maximum atomic E-state index is 6.36. The highest BCUT2D eigenvalue weighted by Crippen LogP contribution is 2.38. The van der Waals surface area contributed by atoms with Crippen LogP contribution in [0.1, 0.15) is 29.7 Å². The molecule has 1 spiro atoms. The van der Waals surface area contributed by atoms with Gasteiger partial charge in [0.25, 0.3) is 0 Å². The van der Waals surface area contributed by atoms with Crippen LogP contribution in [0.4, 0.5) is 0 Å². The van der Waals surface area contributed by atoms with Crippen LogP contribution in [0.2, 0.25) is 0 Å². The van der Waals surface area contributed by atoms with Crippen molar-refractivity contribution in [1.82, 2.24) is 14.8 Å². The molecule has 134 valence electrons. The van der Waals surface area contributed by atoms with Gasteiger partial charge in [-0.15, -0.1) is 11.3 Å². The minimum Gasteiger partial charge on any atom is -0.373 e. The molecular formula is C20H27N3OS. The van der Waals surface area contributed by atoms with Gasteiger partial charge >= 0.3 is 0 Å². The van der Waals surface area contributed by atoms with E-state index in [9.17, 15) is 0 Å². The summed E-state index contributed by atoms with van der Waals surface area (Å²) in [4.78, 5) is 10.7. The average Bonchev–Trinajstić information content (AvgIpc) is 3.29. The number of likely N-dealkylation sites (N-methyl/N-ethyl adjacent to an activating group) is 1. The number of pyridine rings is 1. The third kappa shape index (κ3) is 4.11. The number of likely N-dealkylation sites (tertiary alicyclic amines) is 1. The van der Waals surface area contributed by atoms with Crippen LogP contribution in [0.25, 0.3) is 0 Å². The lowest BCUT2D eigenvalue weighted by Crippen LogP contribution is -2.44. The standard InChI is InChI=1S/C20H27N3OS/c1-22(14-17-4-2-8-21-13-17)18-12-20(24-16-18)6-9-23(10-7-20)15-19-5-3-11-25-19/h2-5,8,11,13,18H,6-7,9-10,12,14-16H2,1H3/t18-/m0/s1. The summed E-state index contributed by atoms with van der Waals surface area (Å²) >= 11 is 1.86. The summed E-state index contributed by atoms with van der Waals surface area (Å²) in [5.74, 6) is 0. The first-order chi connectivity index (χ1) is 12.2. The predicted octanol–water partition coefficient (Wildman–Crippen LogP) is 3.40. The quantitative estimate of drug-likeness (QED) is 0.820. The zero-order chi connectivity index (χ0) is 17.1. The zero-order valence-corrected chi connectivity index (χ0v) is 15.8. The average molecular weight is 358 g/mol. The molecule has 0 unspecified atom stereocenters. The molecule has 0 bridgehead atoms. The molecule has 4 rings (SSSR count). The van der Waals surface area contributed by atoms with E-state index in [1.165, 1.54) is 10.4 Å². The molecular weight excluding hydrogens is 330 g/mol. The van der Waals surface area contributed by atoms with Gasteiger partial charge < -0.3 is 4.74 Å². The van der Waals surface area contributed by atoms with E-state index in [0.717, 1.165) is 52.0 Å². The van der Waals surface area contributed by atoms with Gasteiger partial charge in [-0.1, -0.05) is 12.1 Å². The van der Waals surface area contributed by atoms with Crippen LogP contribution in [-0.4, -0.2) is 53.2 Å². The highest BCUT2D eigenvalue weighted by Gasteiger charge is 2.43. The van der Waals surface area contributed by atoms with E-state index in [-0.39, 0.29) is 5.60 Å². The minimum atomic E-state index is 0.111. The van der Waals surface area contributed by atoms with Gasteiger partial charge in [-0.05, 0) is 49.4 Å². The fourth-order valence-electron chi connectivity index (χ4n) is 4.10. The maximum Gasteiger partial charge on any atom is 0.0723 e. The van der Waals surface area contributed by atoms with Gasteiger partial charge in [0, 0.05) is 49.5 Å². The van der Waals surface area contributed by atoms with E-state index in [4.69, 9.17) is 4.74 Å². The van der Waals surface area contributed by atoms with Crippen molar-refractivity contribution in [2.45, 2.75) is 44.0 Å². The second-order valence-electron chi connectivity index (χ2n) is 7.48. The van der Waals surface area contributed by atoms with E-state index in [2.05, 4.69) is 45.4 Å². The number of hydrogen-bond donors (Lipinski definition) is 0. The monoisotopic (exact) mass is 357 g/mol. The summed E-state index contributed by atoms with van der Waals surface area (Å²) in [6.07, 6.45) is 7.29. The molecule has 2 aliphatic rings. The number of nitrogens with zero attached hydrogens (tertiary/aromatic N) is 3. The fraction of sp³-hybridized carbons (Fsp3) is 0.550. The number of thiophene rings is 1. The number of rotatable bonds is 5. The molecule has 0 N–H and O–H groups in total. The van der Waals surface area contributed by atoms with Gasteiger partial charge in [0.15, 0.2) is 0 Å². The highest BCUT2D eigenvalue weighted by atomic mass is 32.1. The number of ether oxygens (including phenoxy) is 1. The van der Waals surface area contributed by atoms with Crippen molar-refractivity contribution in [3.05, 3.63) is 52.5 Å². The molecule has 2 aromatic rings. The molecule has 0 radical (unpaired) electrons. The summed E-state index contributed by atoms with van der Waals surface area (Å²) in [7, 11) is 2.21. The second-order valence-corrected chi connectivity index (χ2v) is 8.52. The molecule has 2 aliphatic heterocycles. The molecule has 0 aliphatic carbocycles. The van der Waals surface area contributed by atoms with E-state index in [1.54, 1.807) is 0 Å². The smallest absolute Gasteiger partial charge is 0.0723 e. The van der Waals surface area contributed by atoms with Crippen molar-refractivity contribution in [3.8, 4) is 0 Å². The fourth-order valence-corrected chi connectivity index (χ4v) is 4.85. The van der Waals surface area contributed by atoms with Crippen molar-refractivity contribution >= 4 is 11.3 Å². The molecule has 2 saturated heterocycles. The Morgan fingerprint density at radius 2 is 2.20 bits per heavy atom. The first kappa shape index (κ1) is 17.2. The van der Waals surface area contributed by atoms with Crippen LogP contribution in [0.5, 0.6) is 0 Å². The summed E-state index contributed by atoms with van der Waals surface area (Å²) < 4.78 is 6.36. The van der Waals surface area contributed by atoms with E-state index < -0.39 is 0 Å². The van der Waals surface area contributed by atoms with E-state index in [1.807, 2.05) is 29.8 Å². The third-order valence-electron chi connectivity index (χ3n) is 5.69. The second kappa shape index (κ2) is 7.54. The van der Waals surface area contributed by atoms with Crippen molar-refractivity contribution in [3.63, 3.8) is 0 Å². The molecule has 4 heterocycles. The molecule has 0 saturated carbocycles. The van der Waals surface area contributed by atoms with Crippen LogP contribution >= 0.6 is 11.3 Å². The molecule has 2 fully saturated rings. The topological polar surface area (TPSA) is 28.6 Å². The normalized spacial score (nSPS) is 23.5. The predicted molar refractivity (Wildman–Crippen MR) is 102 cm³/mol. The maximum absolute atomic E-state index is 6.36. The minimum absolute atomic E-state index is 0.111. The van der Waals surface area contributed by atoms with Gasteiger partial charge in [-0.25, -0.2) is 0 Å². The molecule has 1 atom stereocenters. The summed E-state index contributed by atoms with van der Waals surface area (Å²) in [5.41, 5.74) is 1.39. The SMILES string of the molecule is CN(Cc1cccnc1)[C@@H]1COC2(CCN(Cc3cccs3)CC2)C1. The Bertz CT molecular complexity index is 653. The molecule has 25 heavy (non-hydrogen) atoms. The van der Waals surface area contributed by atoms with Gasteiger partial charge in [0.05, 0.1) is 12.2 Å². The van der Waals surface area contributed by atoms with E-state index >= 15 is 0 Å². The van der Waals surface area contributed by atoms with Crippen molar-refractivity contribution in [2.24, 2.45) is 0 Å².